The summed E-state index contributed by atoms with van der Waals surface area (Å²) in [5.74, 6) is 0.886. The smallest absolute Gasteiger partial charge is 0.245 e. The van der Waals surface area contributed by atoms with E-state index in [0.29, 0.717) is 12.0 Å². The van der Waals surface area contributed by atoms with E-state index in [-0.39, 0.29) is 11.6 Å². The minimum atomic E-state index is -3.41. The van der Waals surface area contributed by atoms with Gasteiger partial charge in [-0.2, -0.15) is 0 Å². The van der Waals surface area contributed by atoms with Gasteiger partial charge in [0.25, 0.3) is 0 Å². The Morgan fingerprint density at radius 1 is 1.30 bits per heavy atom. The number of anilines is 1. The maximum absolute atomic E-state index is 11.8. The number of sulfonamides is 1. The molecule has 20 heavy (non-hydrogen) atoms. The maximum atomic E-state index is 11.8. The van der Waals surface area contributed by atoms with Gasteiger partial charge in [0.05, 0.1) is 24.6 Å². The molecule has 0 atom stereocenters. The van der Waals surface area contributed by atoms with Gasteiger partial charge in [0.15, 0.2) is 0 Å². The standard InChI is InChI=1S/C13H16N2O4S/c1-3-8-20(16,17)15-13-12(9-14-19-13)10-4-6-11(18-2)7-5-10/h4-7,9,15H,3,8H2,1-2H3. The number of methoxy groups -OCH3 is 1. The van der Waals surface area contributed by atoms with E-state index in [0.717, 1.165) is 11.3 Å². The summed E-state index contributed by atoms with van der Waals surface area (Å²) in [7, 11) is -1.82. The van der Waals surface area contributed by atoms with E-state index in [9.17, 15) is 8.42 Å². The molecule has 2 aromatic rings. The van der Waals surface area contributed by atoms with Crippen molar-refractivity contribution >= 4 is 15.9 Å². The lowest BCUT2D eigenvalue weighted by molar-refractivity contribution is 0.415. The van der Waals surface area contributed by atoms with E-state index in [4.69, 9.17) is 9.26 Å². The fourth-order valence-electron chi connectivity index (χ4n) is 1.75. The molecule has 0 aliphatic heterocycles. The third-order valence-electron chi connectivity index (χ3n) is 2.69. The van der Waals surface area contributed by atoms with Crippen LogP contribution in [0.1, 0.15) is 13.3 Å². The quantitative estimate of drug-likeness (QED) is 0.885. The number of ether oxygens (including phenoxy) is 1. The normalized spacial score (nSPS) is 11.3. The first-order chi connectivity index (χ1) is 9.55. The van der Waals surface area contributed by atoms with Gasteiger partial charge in [0, 0.05) is 0 Å². The van der Waals surface area contributed by atoms with Crippen molar-refractivity contribution in [3.05, 3.63) is 30.5 Å². The summed E-state index contributed by atoms with van der Waals surface area (Å²) in [5.41, 5.74) is 1.38. The summed E-state index contributed by atoms with van der Waals surface area (Å²) >= 11 is 0. The highest BCUT2D eigenvalue weighted by Crippen LogP contribution is 2.29. The molecule has 1 aromatic carbocycles. The topological polar surface area (TPSA) is 81.4 Å². The van der Waals surface area contributed by atoms with Crippen LogP contribution < -0.4 is 9.46 Å². The second-order valence-corrected chi connectivity index (χ2v) is 6.06. The first-order valence-corrected chi connectivity index (χ1v) is 7.80. The Hall–Kier alpha value is -2.02. The number of hydrogen-bond acceptors (Lipinski definition) is 5. The first-order valence-electron chi connectivity index (χ1n) is 6.15. The van der Waals surface area contributed by atoms with E-state index in [2.05, 4.69) is 9.88 Å². The Morgan fingerprint density at radius 3 is 2.60 bits per heavy atom. The van der Waals surface area contributed by atoms with Gasteiger partial charge in [-0.3, -0.25) is 4.72 Å². The predicted molar refractivity (Wildman–Crippen MR) is 76.2 cm³/mol. The summed E-state index contributed by atoms with van der Waals surface area (Å²) < 4.78 is 36.0. The molecule has 2 rings (SSSR count). The Bertz CT molecular complexity index is 662. The van der Waals surface area contributed by atoms with Crippen molar-refractivity contribution in [3.8, 4) is 16.9 Å². The molecule has 0 saturated heterocycles. The lowest BCUT2D eigenvalue weighted by Gasteiger charge is -2.06. The Balaban J connectivity index is 2.28. The molecule has 0 spiro atoms. The van der Waals surface area contributed by atoms with Gasteiger partial charge in [-0.15, -0.1) is 0 Å². The first kappa shape index (κ1) is 14.4. The molecule has 1 N–H and O–H groups in total. The van der Waals surface area contributed by atoms with Crippen LogP contribution in [0.4, 0.5) is 5.88 Å². The zero-order valence-electron chi connectivity index (χ0n) is 11.3. The molecule has 0 fully saturated rings. The molecule has 0 aliphatic rings. The highest BCUT2D eigenvalue weighted by Gasteiger charge is 2.17. The van der Waals surface area contributed by atoms with Crippen LogP contribution in [0, 0.1) is 0 Å². The van der Waals surface area contributed by atoms with Crippen molar-refractivity contribution in [2.75, 3.05) is 17.6 Å². The van der Waals surface area contributed by atoms with Gasteiger partial charge < -0.3 is 9.26 Å². The summed E-state index contributed by atoms with van der Waals surface area (Å²) in [6.45, 7) is 1.80. The van der Waals surface area contributed by atoms with Crippen LogP contribution >= 0.6 is 0 Å². The highest BCUT2D eigenvalue weighted by atomic mass is 32.2. The van der Waals surface area contributed by atoms with Crippen molar-refractivity contribution in [1.29, 1.82) is 0 Å². The number of hydrogen-bond donors (Lipinski definition) is 1. The Morgan fingerprint density at radius 2 is 2.00 bits per heavy atom. The van der Waals surface area contributed by atoms with Crippen molar-refractivity contribution in [3.63, 3.8) is 0 Å². The van der Waals surface area contributed by atoms with E-state index in [1.807, 2.05) is 12.1 Å². The van der Waals surface area contributed by atoms with Gasteiger partial charge in [-0.05, 0) is 24.1 Å². The Kier molecular flexibility index (Phi) is 4.29. The average molecular weight is 296 g/mol. The van der Waals surface area contributed by atoms with Gasteiger partial charge in [0.1, 0.15) is 5.75 Å². The number of aromatic nitrogens is 1. The largest absolute Gasteiger partial charge is 0.497 e. The molecule has 0 aliphatic carbocycles. The molecule has 0 amide bonds. The fourth-order valence-corrected chi connectivity index (χ4v) is 2.82. The van der Waals surface area contributed by atoms with Crippen LogP contribution in [0.2, 0.25) is 0 Å². The summed E-state index contributed by atoms with van der Waals surface area (Å²) in [6.07, 6.45) is 2.01. The van der Waals surface area contributed by atoms with Crippen LogP contribution in [-0.2, 0) is 10.0 Å². The van der Waals surface area contributed by atoms with Crippen LogP contribution in [0.5, 0.6) is 5.75 Å². The average Bonchev–Trinajstić information content (AvgIpc) is 2.86. The number of benzene rings is 1. The predicted octanol–water partition coefficient (Wildman–Crippen LogP) is 2.50. The van der Waals surface area contributed by atoms with Crippen LogP contribution in [-0.4, -0.2) is 26.4 Å². The molecule has 0 radical (unpaired) electrons. The molecule has 0 unspecified atom stereocenters. The molecule has 7 heteroatoms. The molecule has 0 bridgehead atoms. The summed E-state index contributed by atoms with van der Waals surface area (Å²) in [6, 6.07) is 7.19. The SMILES string of the molecule is CCCS(=O)(=O)Nc1oncc1-c1ccc(OC)cc1. The van der Waals surface area contributed by atoms with Gasteiger partial charge in [0.2, 0.25) is 15.9 Å². The van der Waals surface area contributed by atoms with E-state index >= 15 is 0 Å². The molecule has 108 valence electrons. The number of nitrogens with one attached hydrogen (secondary N) is 1. The third-order valence-corrected chi connectivity index (χ3v) is 4.13. The molecule has 6 nitrogen and oxygen atoms in total. The van der Waals surface area contributed by atoms with Crippen molar-refractivity contribution in [2.45, 2.75) is 13.3 Å². The molecular formula is C13H16N2O4S. The van der Waals surface area contributed by atoms with Crippen molar-refractivity contribution in [2.24, 2.45) is 0 Å². The zero-order valence-corrected chi connectivity index (χ0v) is 12.1. The molecule has 0 saturated carbocycles. The minimum Gasteiger partial charge on any atom is -0.497 e. The monoisotopic (exact) mass is 296 g/mol. The third kappa shape index (κ3) is 3.30. The van der Waals surface area contributed by atoms with Crippen LogP contribution in [0.15, 0.2) is 35.0 Å². The van der Waals surface area contributed by atoms with Crippen molar-refractivity contribution in [1.82, 2.24) is 5.16 Å². The second kappa shape index (κ2) is 5.96. The molecule has 1 aromatic heterocycles. The van der Waals surface area contributed by atoms with Crippen molar-refractivity contribution < 1.29 is 17.7 Å². The highest BCUT2D eigenvalue weighted by molar-refractivity contribution is 7.92. The summed E-state index contributed by atoms with van der Waals surface area (Å²) in [5, 5.41) is 3.65. The molecular weight excluding hydrogens is 280 g/mol. The van der Waals surface area contributed by atoms with E-state index in [1.54, 1.807) is 26.2 Å². The van der Waals surface area contributed by atoms with Crippen LogP contribution in [0.25, 0.3) is 11.1 Å². The van der Waals surface area contributed by atoms with Gasteiger partial charge >= 0.3 is 0 Å². The second-order valence-electron chi connectivity index (χ2n) is 4.22. The lowest BCUT2D eigenvalue weighted by atomic mass is 10.1. The number of rotatable bonds is 6. The van der Waals surface area contributed by atoms with E-state index < -0.39 is 10.0 Å². The Labute approximate surface area is 117 Å². The van der Waals surface area contributed by atoms with Crippen LogP contribution in [0.3, 0.4) is 0 Å². The maximum Gasteiger partial charge on any atom is 0.245 e. The van der Waals surface area contributed by atoms with Gasteiger partial charge in [-0.25, -0.2) is 8.42 Å². The lowest BCUT2D eigenvalue weighted by Crippen LogP contribution is -2.16. The zero-order chi connectivity index (χ0) is 14.6. The van der Waals surface area contributed by atoms with Gasteiger partial charge in [-0.1, -0.05) is 24.2 Å². The number of nitrogens with zero attached hydrogens (tertiary/aromatic N) is 1. The summed E-state index contributed by atoms with van der Waals surface area (Å²) in [4.78, 5) is 0. The minimum absolute atomic E-state index is 0.0375. The van der Waals surface area contributed by atoms with E-state index in [1.165, 1.54) is 6.20 Å². The fraction of sp³-hybridized carbons (Fsp3) is 0.308. The molecule has 1 heterocycles.